The van der Waals surface area contributed by atoms with E-state index in [0.29, 0.717) is 0 Å². The third-order valence-corrected chi connectivity index (χ3v) is 4.52. The van der Waals surface area contributed by atoms with Gasteiger partial charge in [-0.25, -0.2) is 8.78 Å². The van der Waals surface area contributed by atoms with Gasteiger partial charge in [-0.2, -0.15) is 0 Å². The maximum Gasteiger partial charge on any atom is 0.295 e. The van der Waals surface area contributed by atoms with E-state index in [1.807, 2.05) is 0 Å². The Kier molecular flexibility index (Phi) is 0.976. The Balaban J connectivity index is 2.19. The number of hydrogen-bond acceptors (Lipinski definition) is 1. The predicted molar refractivity (Wildman–Crippen MR) is 39.9 cm³/mol. The smallest absolute Gasteiger partial charge is 0.295 e. The molecule has 2 heterocycles. The predicted octanol–water partition coefficient (Wildman–Crippen LogP) is 1.93. The van der Waals surface area contributed by atoms with Crippen molar-refractivity contribution < 1.29 is 13.5 Å². The van der Waals surface area contributed by atoms with Crippen LogP contribution in [0.2, 0.25) is 0 Å². The fourth-order valence-electron chi connectivity index (χ4n) is 2.14. The summed E-state index contributed by atoms with van der Waals surface area (Å²) in [5.41, 5.74) is 0. The van der Waals surface area contributed by atoms with Gasteiger partial charge in [-0.05, 0) is 0 Å². The number of fused-ring (bicyclic) bond motifs is 5. The summed E-state index contributed by atoms with van der Waals surface area (Å²) < 4.78 is 31.5. The normalized spacial score (nSPS) is 63.7. The van der Waals surface area contributed by atoms with E-state index in [-0.39, 0.29) is 0 Å². The van der Waals surface area contributed by atoms with Crippen molar-refractivity contribution in [3.8, 4) is 0 Å². The molecule has 1 saturated carbocycles. The molecule has 0 aromatic rings. The molecule has 4 atom stereocenters. The molecule has 2 fully saturated rings. The van der Waals surface area contributed by atoms with Crippen molar-refractivity contribution in [2.24, 2.45) is 0 Å². The van der Waals surface area contributed by atoms with E-state index in [1.165, 1.54) is 0 Å². The second-order valence-electron chi connectivity index (χ2n) is 3.36. The lowest BCUT2D eigenvalue weighted by atomic mass is 10.1. The zero-order valence-electron chi connectivity index (χ0n) is 5.73. The zero-order valence-corrected chi connectivity index (χ0v) is 7.24. The third kappa shape index (κ3) is 0.398. The Labute approximate surface area is 77.3 Å². The average molecular weight is 213 g/mol. The van der Waals surface area contributed by atoms with Gasteiger partial charge in [-0.1, -0.05) is 12.2 Å². The van der Waals surface area contributed by atoms with Crippen molar-refractivity contribution in [1.82, 2.24) is 0 Å². The van der Waals surface area contributed by atoms with Crippen molar-refractivity contribution in [3.05, 3.63) is 12.2 Å². The first-order chi connectivity index (χ1) is 5.46. The van der Waals surface area contributed by atoms with Crippen molar-refractivity contribution in [2.75, 3.05) is 0 Å². The molecule has 1 aliphatic carbocycles. The molecule has 3 aliphatic rings. The highest BCUT2D eigenvalue weighted by molar-refractivity contribution is 6.43. The minimum absolute atomic E-state index is 0.725. The lowest BCUT2D eigenvalue weighted by Crippen LogP contribution is -2.26. The van der Waals surface area contributed by atoms with E-state index in [9.17, 15) is 8.78 Å². The van der Waals surface area contributed by atoms with E-state index >= 15 is 0 Å². The second kappa shape index (κ2) is 1.56. The van der Waals surface area contributed by atoms with Crippen LogP contribution in [0.5, 0.6) is 0 Å². The molecule has 0 amide bonds. The molecular formula is C7H4Cl2F2O. The molecule has 2 aliphatic heterocycles. The maximum atomic E-state index is 13.2. The SMILES string of the molecule is FC1(F)[C@]2(Cl)[C@H]3C=C[C@H](O3)[C@]12Cl. The van der Waals surface area contributed by atoms with Crippen LogP contribution in [0.15, 0.2) is 12.2 Å². The van der Waals surface area contributed by atoms with Gasteiger partial charge in [0.2, 0.25) is 0 Å². The number of ether oxygens (including phenoxy) is 1. The summed E-state index contributed by atoms with van der Waals surface area (Å²) in [6, 6.07) is 0. The highest BCUT2D eigenvalue weighted by Crippen LogP contribution is 2.78. The van der Waals surface area contributed by atoms with Crippen molar-refractivity contribution in [1.29, 1.82) is 0 Å². The summed E-state index contributed by atoms with van der Waals surface area (Å²) in [4.78, 5) is -3.39. The summed E-state index contributed by atoms with van der Waals surface area (Å²) in [6.07, 6.45) is 1.66. The Hall–Kier alpha value is 0.140. The van der Waals surface area contributed by atoms with Crippen LogP contribution in [0.1, 0.15) is 0 Å². The van der Waals surface area contributed by atoms with Crippen LogP contribution < -0.4 is 0 Å². The van der Waals surface area contributed by atoms with Crippen LogP contribution in [0, 0.1) is 0 Å². The van der Waals surface area contributed by atoms with E-state index < -0.39 is 27.9 Å². The average Bonchev–Trinajstić information content (AvgIpc) is 2.49. The molecule has 0 N–H and O–H groups in total. The van der Waals surface area contributed by atoms with Gasteiger partial charge in [0, 0.05) is 0 Å². The van der Waals surface area contributed by atoms with Crippen LogP contribution in [0.25, 0.3) is 0 Å². The fourth-order valence-corrected chi connectivity index (χ4v) is 3.09. The van der Waals surface area contributed by atoms with Gasteiger partial charge in [0.15, 0.2) is 9.75 Å². The van der Waals surface area contributed by atoms with Crippen LogP contribution >= 0.6 is 23.2 Å². The Morgan fingerprint density at radius 1 is 1.08 bits per heavy atom. The van der Waals surface area contributed by atoms with Crippen LogP contribution in [-0.4, -0.2) is 27.9 Å². The highest BCUT2D eigenvalue weighted by atomic mass is 35.5. The van der Waals surface area contributed by atoms with Crippen molar-refractivity contribution >= 4 is 23.2 Å². The molecule has 2 bridgehead atoms. The number of hydrogen-bond donors (Lipinski definition) is 0. The van der Waals surface area contributed by atoms with Gasteiger partial charge in [-0.3, -0.25) is 0 Å². The van der Waals surface area contributed by atoms with Crippen molar-refractivity contribution in [2.45, 2.75) is 27.9 Å². The molecule has 12 heavy (non-hydrogen) atoms. The van der Waals surface area contributed by atoms with Crippen LogP contribution in [0.3, 0.4) is 0 Å². The van der Waals surface area contributed by atoms with Gasteiger partial charge in [-0.15, -0.1) is 23.2 Å². The summed E-state index contributed by atoms with van der Waals surface area (Å²) in [6.45, 7) is 0. The molecule has 0 aromatic heterocycles. The third-order valence-electron chi connectivity index (χ3n) is 2.92. The number of alkyl halides is 4. The van der Waals surface area contributed by atoms with E-state index in [0.717, 1.165) is 0 Å². The largest absolute Gasteiger partial charge is 0.363 e. The van der Waals surface area contributed by atoms with Gasteiger partial charge in [0.05, 0.1) is 0 Å². The fraction of sp³-hybridized carbons (Fsp3) is 0.714. The lowest BCUT2D eigenvalue weighted by Gasteiger charge is -2.13. The topological polar surface area (TPSA) is 9.23 Å². The molecule has 0 spiro atoms. The molecule has 1 nitrogen and oxygen atoms in total. The molecule has 0 unspecified atom stereocenters. The second-order valence-corrected chi connectivity index (χ2v) is 4.55. The van der Waals surface area contributed by atoms with Crippen LogP contribution in [0.4, 0.5) is 8.78 Å². The van der Waals surface area contributed by atoms with Gasteiger partial charge >= 0.3 is 0 Å². The summed E-state index contributed by atoms with van der Waals surface area (Å²) in [7, 11) is 0. The molecule has 66 valence electrons. The molecule has 3 rings (SSSR count). The summed E-state index contributed by atoms with van der Waals surface area (Å²) >= 11 is 11.4. The summed E-state index contributed by atoms with van der Waals surface area (Å²) in [5, 5.41) is 0. The first kappa shape index (κ1) is 7.54. The Morgan fingerprint density at radius 2 is 1.50 bits per heavy atom. The van der Waals surface area contributed by atoms with Gasteiger partial charge < -0.3 is 4.74 Å². The van der Waals surface area contributed by atoms with Gasteiger partial charge in [0.1, 0.15) is 12.2 Å². The van der Waals surface area contributed by atoms with E-state index in [1.54, 1.807) is 12.2 Å². The van der Waals surface area contributed by atoms with E-state index in [4.69, 9.17) is 27.9 Å². The zero-order chi connectivity index (χ0) is 8.78. The minimum Gasteiger partial charge on any atom is -0.363 e. The van der Waals surface area contributed by atoms with Crippen molar-refractivity contribution in [3.63, 3.8) is 0 Å². The monoisotopic (exact) mass is 212 g/mol. The quantitative estimate of drug-likeness (QED) is 0.441. The molecular weight excluding hydrogens is 209 g/mol. The van der Waals surface area contributed by atoms with Gasteiger partial charge in [0.25, 0.3) is 5.92 Å². The number of halogens is 4. The molecule has 0 aromatic carbocycles. The van der Waals surface area contributed by atoms with Crippen LogP contribution in [-0.2, 0) is 4.74 Å². The highest BCUT2D eigenvalue weighted by Gasteiger charge is 3.00. The Bertz CT molecular complexity index is 280. The lowest BCUT2D eigenvalue weighted by molar-refractivity contribution is -0.00900. The first-order valence-corrected chi connectivity index (χ1v) is 4.31. The molecule has 1 saturated heterocycles. The Morgan fingerprint density at radius 3 is 1.83 bits per heavy atom. The minimum atomic E-state index is -3.01. The first-order valence-electron chi connectivity index (χ1n) is 3.55. The summed E-state index contributed by atoms with van der Waals surface area (Å²) in [5.74, 6) is -3.01. The van der Waals surface area contributed by atoms with E-state index in [2.05, 4.69) is 0 Å². The number of rotatable bonds is 0. The maximum absolute atomic E-state index is 13.2. The standard InChI is InChI=1S/C7H4Cl2F2O/c8-5-3-1-2-4(12-3)6(5,9)7(5,10)11/h1-4H/t3-,4+,5+,6-. The molecule has 0 radical (unpaired) electrons. The molecule has 5 heteroatoms.